The van der Waals surface area contributed by atoms with E-state index >= 15 is 0 Å². The van der Waals surface area contributed by atoms with E-state index in [0.717, 1.165) is 0 Å². The van der Waals surface area contributed by atoms with Gasteiger partial charge in [0.1, 0.15) is 18.0 Å². The fraction of sp³-hybridized carbons (Fsp3) is 0.167. The summed E-state index contributed by atoms with van der Waals surface area (Å²) < 4.78 is 17.3. The molecule has 0 saturated heterocycles. The zero-order valence-electron chi connectivity index (χ0n) is 14.1. The molecule has 0 radical (unpaired) electrons. The van der Waals surface area contributed by atoms with E-state index in [0.29, 0.717) is 27.1 Å². The minimum Gasteiger partial charge on any atom is -0.497 e. The van der Waals surface area contributed by atoms with Crippen LogP contribution in [0.15, 0.2) is 46.9 Å². The molecule has 0 aliphatic rings. The van der Waals surface area contributed by atoms with Crippen molar-refractivity contribution in [1.29, 1.82) is 0 Å². The summed E-state index contributed by atoms with van der Waals surface area (Å²) in [6.07, 6.45) is 0. The third-order valence-electron chi connectivity index (χ3n) is 3.60. The molecule has 1 aromatic heterocycles. The molecule has 1 heterocycles. The molecular weight excluding hydrogens is 411 g/mol. The van der Waals surface area contributed by atoms with Crippen LogP contribution in [0.5, 0.6) is 11.5 Å². The second-order valence-corrected chi connectivity index (χ2v) is 6.63. The van der Waals surface area contributed by atoms with Gasteiger partial charge >= 0.3 is 0 Å². The number of benzene rings is 2. The van der Waals surface area contributed by atoms with Gasteiger partial charge in [0.25, 0.3) is 10.7 Å². The SMILES string of the molecule is COc1ccc(C(=O)Cn2nc(COc3ccc(Cl)cc3Cl)oc2=S)cc1. The van der Waals surface area contributed by atoms with Crippen LogP contribution < -0.4 is 9.47 Å². The maximum Gasteiger partial charge on any atom is 0.287 e. The molecular formula is C18H14Cl2N2O4S. The fourth-order valence-electron chi connectivity index (χ4n) is 2.24. The minimum absolute atomic E-state index is 0.00865. The first kappa shape index (κ1) is 19.4. The van der Waals surface area contributed by atoms with Crippen LogP contribution in [0, 0.1) is 4.84 Å². The van der Waals surface area contributed by atoms with Crippen LogP contribution in [0.4, 0.5) is 0 Å². The van der Waals surface area contributed by atoms with E-state index in [2.05, 4.69) is 5.10 Å². The van der Waals surface area contributed by atoms with Gasteiger partial charge in [-0.25, -0.2) is 4.68 Å². The van der Waals surface area contributed by atoms with Crippen molar-refractivity contribution in [3.05, 3.63) is 68.8 Å². The van der Waals surface area contributed by atoms with Gasteiger partial charge in [0.2, 0.25) is 0 Å². The normalized spacial score (nSPS) is 10.6. The lowest BCUT2D eigenvalue weighted by Crippen LogP contribution is -2.12. The Morgan fingerprint density at radius 3 is 2.63 bits per heavy atom. The van der Waals surface area contributed by atoms with Crippen LogP contribution in [-0.2, 0) is 13.2 Å². The van der Waals surface area contributed by atoms with Crippen molar-refractivity contribution in [1.82, 2.24) is 9.78 Å². The van der Waals surface area contributed by atoms with Gasteiger partial charge in [0.05, 0.1) is 12.1 Å². The van der Waals surface area contributed by atoms with Crippen LogP contribution in [0.2, 0.25) is 10.0 Å². The maximum absolute atomic E-state index is 12.4. The first-order valence-electron chi connectivity index (χ1n) is 7.78. The average molecular weight is 425 g/mol. The molecule has 27 heavy (non-hydrogen) atoms. The van der Waals surface area contributed by atoms with Gasteiger partial charge in [0, 0.05) is 10.6 Å². The minimum atomic E-state index is -0.157. The zero-order chi connectivity index (χ0) is 19.4. The highest BCUT2D eigenvalue weighted by Gasteiger charge is 2.13. The summed E-state index contributed by atoms with van der Waals surface area (Å²) in [6.45, 7) is -0.0366. The van der Waals surface area contributed by atoms with Crippen LogP contribution in [0.25, 0.3) is 0 Å². The number of hydrogen-bond donors (Lipinski definition) is 0. The summed E-state index contributed by atoms with van der Waals surface area (Å²) in [5, 5.41) is 5.05. The Labute approximate surface area is 170 Å². The van der Waals surface area contributed by atoms with E-state index in [1.807, 2.05) is 0 Å². The number of ketones is 1. The predicted molar refractivity (Wildman–Crippen MR) is 103 cm³/mol. The highest BCUT2D eigenvalue weighted by atomic mass is 35.5. The number of rotatable bonds is 7. The van der Waals surface area contributed by atoms with Crippen LogP contribution in [0.1, 0.15) is 16.2 Å². The number of aromatic nitrogens is 2. The van der Waals surface area contributed by atoms with E-state index in [1.54, 1.807) is 49.6 Å². The van der Waals surface area contributed by atoms with Crippen LogP contribution in [0.3, 0.4) is 0 Å². The third-order valence-corrected chi connectivity index (χ3v) is 4.42. The molecule has 0 aliphatic carbocycles. The maximum atomic E-state index is 12.4. The quantitative estimate of drug-likeness (QED) is 0.393. The summed E-state index contributed by atoms with van der Waals surface area (Å²) in [6, 6.07) is 11.7. The molecule has 140 valence electrons. The Morgan fingerprint density at radius 1 is 1.22 bits per heavy atom. The van der Waals surface area contributed by atoms with Gasteiger partial charge in [0.15, 0.2) is 12.4 Å². The number of hydrogen-bond acceptors (Lipinski definition) is 6. The van der Waals surface area contributed by atoms with E-state index < -0.39 is 0 Å². The largest absolute Gasteiger partial charge is 0.497 e. The fourth-order valence-corrected chi connectivity index (χ4v) is 2.91. The molecule has 0 N–H and O–H groups in total. The van der Waals surface area contributed by atoms with Gasteiger partial charge in [-0.15, -0.1) is 5.10 Å². The molecule has 0 atom stereocenters. The van der Waals surface area contributed by atoms with Gasteiger partial charge in [-0.3, -0.25) is 4.79 Å². The summed E-state index contributed by atoms with van der Waals surface area (Å²) in [4.78, 5) is 12.5. The van der Waals surface area contributed by atoms with Crippen molar-refractivity contribution in [3.8, 4) is 11.5 Å². The first-order valence-corrected chi connectivity index (χ1v) is 8.94. The van der Waals surface area contributed by atoms with E-state index in [-0.39, 0.29) is 29.7 Å². The van der Waals surface area contributed by atoms with E-state index in [4.69, 9.17) is 49.3 Å². The van der Waals surface area contributed by atoms with Crippen molar-refractivity contribution in [2.75, 3.05) is 7.11 Å². The molecule has 0 saturated carbocycles. The van der Waals surface area contributed by atoms with Crippen LogP contribution in [-0.4, -0.2) is 22.7 Å². The van der Waals surface area contributed by atoms with Crippen molar-refractivity contribution < 1.29 is 18.7 Å². The van der Waals surface area contributed by atoms with Crippen molar-refractivity contribution in [2.45, 2.75) is 13.2 Å². The molecule has 0 unspecified atom stereocenters. The number of carbonyl (C=O) groups is 1. The number of halogens is 2. The first-order chi connectivity index (χ1) is 13.0. The molecule has 3 rings (SSSR count). The lowest BCUT2D eigenvalue weighted by atomic mass is 10.1. The van der Waals surface area contributed by atoms with Crippen LogP contribution >= 0.6 is 35.4 Å². The summed E-state index contributed by atoms with van der Waals surface area (Å²) in [7, 11) is 1.56. The summed E-state index contributed by atoms with van der Waals surface area (Å²) in [5.74, 6) is 1.18. The number of carbonyl (C=O) groups excluding carboxylic acids is 1. The van der Waals surface area contributed by atoms with Crippen molar-refractivity contribution in [3.63, 3.8) is 0 Å². The molecule has 6 nitrogen and oxygen atoms in total. The van der Waals surface area contributed by atoms with Gasteiger partial charge in [-0.1, -0.05) is 23.2 Å². The lowest BCUT2D eigenvalue weighted by molar-refractivity contribution is 0.0966. The monoisotopic (exact) mass is 424 g/mol. The number of Topliss-reactive ketones (excluding diaryl/α,β-unsaturated/α-hetero) is 1. The molecule has 0 fully saturated rings. The Balaban J connectivity index is 1.66. The van der Waals surface area contributed by atoms with Crippen molar-refractivity contribution >= 4 is 41.2 Å². The third kappa shape index (κ3) is 4.88. The molecule has 3 aromatic rings. The van der Waals surface area contributed by atoms with E-state index in [1.165, 1.54) is 4.68 Å². The second-order valence-electron chi connectivity index (χ2n) is 5.43. The summed E-state index contributed by atoms with van der Waals surface area (Å²) in [5.41, 5.74) is 0.520. The average Bonchev–Trinajstić information content (AvgIpc) is 3.00. The van der Waals surface area contributed by atoms with E-state index in [9.17, 15) is 4.79 Å². The van der Waals surface area contributed by atoms with Gasteiger partial charge in [-0.2, -0.15) is 0 Å². The Kier molecular flexibility index (Phi) is 6.15. The molecule has 0 bridgehead atoms. The molecule has 0 amide bonds. The number of nitrogens with zero attached hydrogens (tertiary/aromatic N) is 2. The van der Waals surface area contributed by atoms with Gasteiger partial charge in [-0.05, 0) is 54.7 Å². The Morgan fingerprint density at radius 2 is 1.96 bits per heavy atom. The zero-order valence-corrected chi connectivity index (χ0v) is 16.5. The predicted octanol–water partition coefficient (Wildman–Crippen LogP) is 4.98. The molecule has 9 heteroatoms. The second kappa shape index (κ2) is 8.56. The van der Waals surface area contributed by atoms with Crippen molar-refractivity contribution in [2.24, 2.45) is 0 Å². The topological polar surface area (TPSA) is 66.5 Å². The molecule has 2 aromatic carbocycles. The molecule has 0 spiro atoms. The Bertz CT molecular complexity index is 1010. The summed E-state index contributed by atoms with van der Waals surface area (Å²) >= 11 is 17.0. The highest BCUT2D eigenvalue weighted by Crippen LogP contribution is 2.28. The number of ether oxygens (including phenoxy) is 2. The molecule has 0 aliphatic heterocycles. The Hall–Kier alpha value is -2.35. The highest BCUT2D eigenvalue weighted by molar-refractivity contribution is 7.71. The lowest BCUT2D eigenvalue weighted by Gasteiger charge is -2.05. The van der Waals surface area contributed by atoms with Gasteiger partial charge < -0.3 is 13.9 Å². The smallest absolute Gasteiger partial charge is 0.287 e. The standard InChI is InChI=1S/C18H14Cl2N2O4S/c1-24-13-5-2-11(3-6-13)15(23)9-22-18(27)26-17(21-22)10-25-16-7-4-12(19)8-14(16)20/h2-8H,9-10H2,1H3. The number of methoxy groups -OCH3 is 1.